The van der Waals surface area contributed by atoms with Gasteiger partial charge < -0.3 is 15.5 Å². The van der Waals surface area contributed by atoms with Crippen molar-refractivity contribution in [2.75, 3.05) is 19.6 Å². The number of nitrogens with zero attached hydrogens (tertiary/aromatic N) is 1. The van der Waals surface area contributed by atoms with E-state index in [2.05, 4.69) is 26.8 Å². The van der Waals surface area contributed by atoms with E-state index in [1.807, 2.05) is 0 Å². The van der Waals surface area contributed by atoms with E-state index in [1.54, 1.807) is 0 Å². The van der Waals surface area contributed by atoms with Gasteiger partial charge in [-0.1, -0.05) is 6.58 Å². The van der Waals surface area contributed by atoms with Gasteiger partial charge in [-0.15, -0.1) is 5.06 Å². The third-order valence-electron chi connectivity index (χ3n) is 2.75. The van der Waals surface area contributed by atoms with Gasteiger partial charge >= 0.3 is 12.0 Å². The number of hydrogen-bond acceptors (Lipinski definition) is 7. The Bertz CT molecular complexity index is 615. The number of nitrogens with one attached hydrogen (secondary N) is 3. The zero-order chi connectivity index (χ0) is 18.2. The average molecular weight is 362 g/mol. The van der Waals surface area contributed by atoms with Crippen molar-refractivity contribution in [3.8, 4) is 0 Å². The molecule has 12 heteroatoms. The van der Waals surface area contributed by atoms with E-state index < -0.39 is 33.8 Å². The van der Waals surface area contributed by atoms with Crippen LogP contribution in [0.25, 0.3) is 0 Å². The van der Waals surface area contributed by atoms with Crippen molar-refractivity contribution >= 4 is 33.8 Å². The summed E-state index contributed by atoms with van der Waals surface area (Å²) in [6.45, 7) is 3.03. The van der Waals surface area contributed by atoms with Crippen molar-refractivity contribution in [3.05, 3.63) is 12.0 Å². The molecule has 0 saturated carbocycles. The Labute approximate surface area is 138 Å². The van der Waals surface area contributed by atoms with Gasteiger partial charge in [0, 0.05) is 37.9 Å². The van der Waals surface area contributed by atoms with E-state index in [9.17, 15) is 27.6 Å². The maximum Gasteiger partial charge on any atom is 0.334 e. The van der Waals surface area contributed by atoms with Crippen LogP contribution >= 0.6 is 0 Å². The Morgan fingerprint density at radius 2 is 1.71 bits per heavy atom. The minimum atomic E-state index is -3.54. The maximum absolute atomic E-state index is 11.4. The topological polar surface area (TPSA) is 151 Å². The molecule has 1 aliphatic heterocycles. The summed E-state index contributed by atoms with van der Waals surface area (Å²) >= 11 is 0. The molecule has 0 radical (unpaired) electrons. The molecule has 4 amide bonds. The number of hydrogen-bond donors (Lipinski definition) is 3. The SMILES string of the molecule is C=CS(=O)(=O)NCCNC(=O)NCCC(=O)ON1C(=O)CCC1=O. The van der Waals surface area contributed by atoms with Crippen LogP contribution in [0.3, 0.4) is 0 Å². The first-order valence-electron chi connectivity index (χ1n) is 6.95. The second-order valence-corrected chi connectivity index (χ2v) is 6.30. The van der Waals surface area contributed by atoms with Crippen LogP contribution in [0.2, 0.25) is 0 Å². The normalized spacial score (nSPS) is 14.4. The Morgan fingerprint density at radius 3 is 2.29 bits per heavy atom. The average Bonchev–Trinajstić information content (AvgIpc) is 2.83. The number of urea groups is 1. The first-order chi connectivity index (χ1) is 11.2. The predicted octanol–water partition coefficient (Wildman–Crippen LogP) is -1.65. The Morgan fingerprint density at radius 1 is 1.12 bits per heavy atom. The van der Waals surface area contributed by atoms with Crippen LogP contribution in [0, 0.1) is 0 Å². The highest BCUT2D eigenvalue weighted by Crippen LogP contribution is 2.12. The highest BCUT2D eigenvalue weighted by Gasteiger charge is 2.32. The molecule has 1 rings (SSSR count). The second kappa shape index (κ2) is 8.98. The molecule has 1 fully saturated rings. The fourth-order valence-corrected chi connectivity index (χ4v) is 2.08. The zero-order valence-electron chi connectivity index (χ0n) is 12.7. The zero-order valence-corrected chi connectivity index (χ0v) is 13.6. The van der Waals surface area contributed by atoms with E-state index >= 15 is 0 Å². The van der Waals surface area contributed by atoms with Crippen molar-refractivity contribution in [3.63, 3.8) is 0 Å². The molecule has 134 valence electrons. The lowest BCUT2D eigenvalue weighted by molar-refractivity contribution is -0.197. The first-order valence-corrected chi connectivity index (χ1v) is 8.50. The summed E-state index contributed by atoms with van der Waals surface area (Å²) in [4.78, 5) is 49.9. The van der Waals surface area contributed by atoms with Gasteiger partial charge in [-0.2, -0.15) is 0 Å². The highest BCUT2D eigenvalue weighted by atomic mass is 32.2. The van der Waals surface area contributed by atoms with Crippen LogP contribution in [0.1, 0.15) is 19.3 Å². The summed E-state index contributed by atoms with van der Waals surface area (Å²) in [6, 6.07) is -0.617. The molecule has 0 aromatic heterocycles. The molecular weight excluding hydrogens is 344 g/mol. The second-order valence-electron chi connectivity index (χ2n) is 4.58. The molecule has 3 N–H and O–H groups in total. The molecule has 0 bridgehead atoms. The third-order valence-corrected chi connectivity index (χ3v) is 3.79. The Balaban J connectivity index is 2.14. The lowest BCUT2D eigenvalue weighted by Crippen LogP contribution is -2.41. The summed E-state index contributed by atoms with van der Waals surface area (Å²) in [7, 11) is -3.54. The summed E-state index contributed by atoms with van der Waals surface area (Å²) in [5, 5.41) is 5.86. The van der Waals surface area contributed by atoms with E-state index in [1.165, 1.54) is 0 Å². The van der Waals surface area contributed by atoms with Gasteiger partial charge in [-0.3, -0.25) is 9.59 Å². The van der Waals surface area contributed by atoms with Gasteiger partial charge in [0.1, 0.15) is 0 Å². The van der Waals surface area contributed by atoms with E-state index in [0.29, 0.717) is 5.06 Å². The van der Waals surface area contributed by atoms with Crippen LogP contribution < -0.4 is 15.4 Å². The largest absolute Gasteiger partial charge is 0.338 e. The molecule has 24 heavy (non-hydrogen) atoms. The van der Waals surface area contributed by atoms with Crippen molar-refractivity contribution in [1.29, 1.82) is 0 Å². The van der Waals surface area contributed by atoms with Gasteiger partial charge in [0.2, 0.25) is 10.0 Å². The molecule has 0 aromatic rings. The smallest absolute Gasteiger partial charge is 0.334 e. The molecule has 0 aromatic carbocycles. The Kier molecular flexibility index (Phi) is 7.32. The maximum atomic E-state index is 11.4. The molecule has 0 unspecified atom stereocenters. The number of carbonyl (C=O) groups excluding carboxylic acids is 4. The minimum Gasteiger partial charge on any atom is -0.338 e. The number of imide groups is 1. The monoisotopic (exact) mass is 362 g/mol. The van der Waals surface area contributed by atoms with Crippen molar-refractivity contribution < 1.29 is 32.4 Å². The van der Waals surface area contributed by atoms with Gasteiger partial charge in [0.05, 0.1) is 6.42 Å². The molecular formula is C12H18N4O7S. The van der Waals surface area contributed by atoms with Gasteiger partial charge in [-0.25, -0.2) is 22.7 Å². The van der Waals surface area contributed by atoms with Crippen LogP contribution in [-0.4, -0.2) is 56.9 Å². The lowest BCUT2D eigenvalue weighted by Gasteiger charge is -2.12. The van der Waals surface area contributed by atoms with Gasteiger partial charge in [0.15, 0.2) is 0 Å². The summed E-state index contributed by atoms with van der Waals surface area (Å²) < 4.78 is 24.2. The molecule has 0 spiro atoms. The number of amides is 4. The van der Waals surface area contributed by atoms with Gasteiger partial charge in [0.25, 0.3) is 11.8 Å². The molecule has 0 aliphatic carbocycles. The van der Waals surface area contributed by atoms with Crippen LogP contribution in [0.4, 0.5) is 4.79 Å². The predicted molar refractivity (Wildman–Crippen MR) is 80.3 cm³/mol. The molecule has 0 atom stereocenters. The fraction of sp³-hybridized carbons (Fsp3) is 0.500. The van der Waals surface area contributed by atoms with E-state index in [0.717, 1.165) is 5.41 Å². The number of carbonyl (C=O) groups is 4. The minimum absolute atomic E-state index is 0.00236. The standard InChI is InChI=1S/C12H18N4O7S/c1-2-24(21,22)15-8-7-14-12(20)13-6-5-11(19)23-16-9(17)3-4-10(16)18/h2,15H,1,3-8H2,(H2,13,14,20). The first kappa shape index (κ1) is 19.6. The van der Waals surface area contributed by atoms with Crippen molar-refractivity contribution in [1.82, 2.24) is 20.4 Å². The third kappa shape index (κ3) is 6.75. The van der Waals surface area contributed by atoms with Gasteiger partial charge in [-0.05, 0) is 0 Å². The van der Waals surface area contributed by atoms with Crippen molar-refractivity contribution in [2.24, 2.45) is 0 Å². The van der Waals surface area contributed by atoms with Crippen LogP contribution in [-0.2, 0) is 29.2 Å². The van der Waals surface area contributed by atoms with Crippen LogP contribution in [0.15, 0.2) is 12.0 Å². The molecule has 1 saturated heterocycles. The summed E-state index contributed by atoms with van der Waals surface area (Å²) in [5.41, 5.74) is 0. The molecule has 11 nitrogen and oxygen atoms in total. The quantitative estimate of drug-likeness (QED) is 0.328. The molecule has 1 heterocycles. The summed E-state index contributed by atoms with van der Waals surface area (Å²) in [5.74, 6) is -2.00. The molecule has 1 aliphatic rings. The Hall–Kier alpha value is -2.47. The highest BCUT2D eigenvalue weighted by molar-refractivity contribution is 7.92. The van der Waals surface area contributed by atoms with E-state index in [-0.39, 0.29) is 38.9 Å². The van der Waals surface area contributed by atoms with E-state index in [4.69, 9.17) is 0 Å². The number of sulfonamides is 1. The number of hydroxylamine groups is 2. The van der Waals surface area contributed by atoms with Crippen molar-refractivity contribution in [2.45, 2.75) is 19.3 Å². The summed E-state index contributed by atoms with van der Waals surface area (Å²) in [6.07, 6.45) is -0.238. The van der Waals surface area contributed by atoms with Crippen LogP contribution in [0.5, 0.6) is 0 Å². The number of rotatable bonds is 9. The fourth-order valence-electron chi connectivity index (χ4n) is 1.57. The lowest BCUT2D eigenvalue weighted by atomic mass is 10.4.